The lowest BCUT2D eigenvalue weighted by atomic mass is 10.0. The monoisotopic (exact) mass is 283 g/mol. The summed E-state index contributed by atoms with van der Waals surface area (Å²) < 4.78 is 0. The minimum absolute atomic E-state index is 0.486. The van der Waals surface area contributed by atoms with Gasteiger partial charge in [0.15, 0.2) is 0 Å². The summed E-state index contributed by atoms with van der Waals surface area (Å²) in [6.45, 7) is 6.79. The average Bonchev–Trinajstić information content (AvgIpc) is 2.53. The predicted molar refractivity (Wildman–Crippen MR) is 89.9 cm³/mol. The van der Waals surface area contributed by atoms with E-state index < -0.39 is 0 Å². The Morgan fingerprint density at radius 3 is 2.86 bits per heavy atom. The van der Waals surface area contributed by atoms with E-state index in [1.807, 2.05) is 6.20 Å². The summed E-state index contributed by atoms with van der Waals surface area (Å²) in [5.41, 5.74) is 2.39. The predicted octanol–water partition coefficient (Wildman–Crippen LogP) is 3.59. The molecule has 2 aromatic rings. The van der Waals surface area contributed by atoms with E-state index in [0.717, 1.165) is 18.6 Å². The molecule has 1 unspecified atom stereocenters. The van der Waals surface area contributed by atoms with Crippen molar-refractivity contribution >= 4 is 16.6 Å². The van der Waals surface area contributed by atoms with E-state index in [9.17, 15) is 0 Å². The topological polar surface area (TPSA) is 28.2 Å². The van der Waals surface area contributed by atoms with Crippen molar-refractivity contribution < 1.29 is 0 Å². The van der Waals surface area contributed by atoms with E-state index in [-0.39, 0.29) is 0 Å². The molecule has 3 heteroatoms. The van der Waals surface area contributed by atoms with Crippen LogP contribution in [0.4, 0.5) is 5.69 Å². The van der Waals surface area contributed by atoms with Crippen molar-refractivity contribution in [3.63, 3.8) is 0 Å². The standard InChI is InChI=1S/C18H25N3/c1-14(2)21(13-15-7-5-6-11-19-15)18-10-12-20-17-9-4-3-8-16(17)18/h3-4,8-10,12,14-15,19H,5-7,11,13H2,1-2H3. The van der Waals surface area contributed by atoms with Crippen LogP contribution in [0, 0.1) is 0 Å². The number of pyridine rings is 1. The van der Waals surface area contributed by atoms with Crippen LogP contribution in [0.5, 0.6) is 0 Å². The molecule has 1 aliphatic rings. The Morgan fingerprint density at radius 2 is 2.10 bits per heavy atom. The number of hydrogen-bond acceptors (Lipinski definition) is 3. The van der Waals surface area contributed by atoms with E-state index >= 15 is 0 Å². The zero-order chi connectivity index (χ0) is 14.7. The van der Waals surface area contributed by atoms with Gasteiger partial charge in [0.2, 0.25) is 0 Å². The fourth-order valence-corrected chi connectivity index (χ4v) is 3.24. The van der Waals surface area contributed by atoms with Crippen LogP contribution in [0.1, 0.15) is 33.1 Å². The number of piperidine rings is 1. The van der Waals surface area contributed by atoms with Gasteiger partial charge in [0.25, 0.3) is 0 Å². The van der Waals surface area contributed by atoms with Crippen molar-refractivity contribution in [1.29, 1.82) is 0 Å². The number of nitrogens with zero attached hydrogens (tertiary/aromatic N) is 2. The van der Waals surface area contributed by atoms with Crippen molar-refractivity contribution in [3.05, 3.63) is 36.5 Å². The maximum absolute atomic E-state index is 4.49. The lowest BCUT2D eigenvalue weighted by molar-refractivity contribution is 0.393. The van der Waals surface area contributed by atoms with Crippen LogP contribution < -0.4 is 10.2 Å². The van der Waals surface area contributed by atoms with Crippen molar-refractivity contribution in [3.8, 4) is 0 Å². The number of anilines is 1. The highest BCUT2D eigenvalue weighted by atomic mass is 15.2. The molecule has 0 aliphatic carbocycles. The molecule has 3 nitrogen and oxygen atoms in total. The summed E-state index contributed by atoms with van der Waals surface area (Å²) in [6, 6.07) is 11.7. The van der Waals surface area contributed by atoms with Crippen LogP contribution in [-0.2, 0) is 0 Å². The summed E-state index contributed by atoms with van der Waals surface area (Å²) in [7, 11) is 0. The molecule has 0 bridgehead atoms. The minimum Gasteiger partial charge on any atom is -0.367 e. The molecule has 112 valence electrons. The zero-order valence-electron chi connectivity index (χ0n) is 13.0. The van der Waals surface area contributed by atoms with Gasteiger partial charge in [-0.05, 0) is 45.4 Å². The van der Waals surface area contributed by atoms with Gasteiger partial charge in [-0.2, -0.15) is 0 Å². The molecule has 0 radical (unpaired) electrons. The molecule has 1 aromatic heterocycles. The highest BCUT2D eigenvalue weighted by Gasteiger charge is 2.20. The quantitative estimate of drug-likeness (QED) is 0.929. The Bertz CT molecular complexity index is 583. The smallest absolute Gasteiger partial charge is 0.0722 e. The Labute approximate surface area is 127 Å². The second kappa shape index (κ2) is 6.44. The maximum atomic E-state index is 4.49. The van der Waals surface area contributed by atoms with Crippen molar-refractivity contribution in [1.82, 2.24) is 10.3 Å². The Hall–Kier alpha value is -1.61. The van der Waals surface area contributed by atoms with Crippen LogP contribution in [0.15, 0.2) is 36.5 Å². The first-order chi connectivity index (χ1) is 10.3. The highest BCUT2D eigenvalue weighted by molar-refractivity contribution is 5.91. The molecule has 21 heavy (non-hydrogen) atoms. The van der Waals surface area contributed by atoms with Gasteiger partial charge in [-0.25, -0.2) is 0 Å². The van der Waals surface area contributed by atoms with Crippen molar-refractivity contribution in [2.45, 2.75) is 45.2 Å². The summed E-state index contributed by atoms with van der Waals surface area (Å²) in [5, 5.41) is 4.92. The fourth-order valence-electron chi connectivity index (χ4n) is 3.24. The van der Waals surface area contributed by atoms with E-state index in [1.165, 1.54) is 30.3 Å². The maximum Gasteiger partial charge on any atom is 0.0722 e. The lowest BCUT2D eigenvalue weighted by Gasteiger charge is -2.35. The van der Waals surface area contributed by atoms with Crippen LogP contribution in [0.2, 0.25) is 0 Å². The Balaban J connectivity index is 1.91. The number of para-hydroxylation sites is 1. The van der Waals surface area contributed by atoms with Gasteiger partial charge in [-0.15, -0.1) is 0 Å². The molecule has 0 spiro atoms. The number of benzene rings is 1. The summed E-state index contributed by atoms with van der Waals surface area (Å²) >= 11 is 0. The molecule has 1 atom stereocenters. The van der Waals surface area contributed by atoms with Crippen LogP contribution in [-0.4, -0.2) is 30.2 Å². The fraction of sp³-hybridized carbons (Fsp3) is 0.500. The van der Waals surface area contributed by atoms with Crippen molar-refractivity contribution in [2.24, 2.45) is 0 Å². The third kappa shape index (κ3) is 3.18. The third-order valence-corrected chi connectivity index (χ3v) is 4.39. The second-order valence-corrected chi connectivity index (χ2v) is 6.24. The Morgan fingerprint density at radius 1 is 1.24 bits per heavy atom. The van der Waals surface area contributed by atoms with Gasteiger partial charge in [0.1, 0.15) is 0 Å². The first kappa shape index (κ1) is 14.3. The zero-order valence-corrected chi connectivity index (χ0v) is 13.0. The van der Waals surface area contributed by atoms with Gasteiger partial charge < -0.3 is 10.2 Å². The first-order valence-electron chi connectivity index (χ1n) is 8.09. The molecule has 1 aliphatic heterocycles. The Kier molecular flexibility index (Phi) is 4.39. The minimum atomic E-state index is 0.486. The molecule has 1 N–H and O–H groups in total. The average molecular weight is 283 g/mol. The van der Waals surface area contributed by atoms with Gasteiger partial charge in [0, 0.05) is 35.9 Å². The van der Waals surface area contributed by atoms with Gasteiger partial charge in [0.05, 0.1) is 5.52 Å². The van der Waals surface area contributed by atoms with E-state index in [2.05, 4.69) is 59.4 Å². The van der Waals surface area contributed by atoms with Crippen molar-refractivity contribution in [2.75, 3.05) is 18.0 Å². The molecular formula is C18H25N3. The largest absolute Gasteiger partial charge is 0.367 e. The van der Waals surface area contributed by atoms with Gasteiger partial charge >= 0.3 is 0 Å². The van der Waals surface area contributed by atoms with Gasteiger partial charge in [-0.1, -0.05) is 24.6 Å². The molecule has 0 amide bonds. The number of rotatable bonds is 4. The third-order valence-electron chi connectivity index (χ3n) is 4.39. The van der Waals surface area contributed by atoms with E-state index in [0.29, 0.717) is 12.1 Å². The normalized spacial score (nSPS) is 19.1. The number of fused-ring (bicyclic) bond motifs is 1. The molecule has 2 heterocycles. The molecule has 1 fully saturated rings. The molecular weight excluding hydrogens is 258 g/mol. The summed E-state index contributed by atoms with van der Waals surface area (Å²) in [5.74, 6) is 0. The van der Waals surface area contributed by atoms with Crippen LogP contribution in [0.3, 0.4) is 0 Å². The number of hydrogen-bond donors (Lipinski definition) is 1. The van der Waals surface area contributed by atoms with Crippen LogP contribution >= 0.6 is 0 Å². The number of nitrogens with one attached hydrogen (secondary N) is 1. The lowest BCUT2D eigenvalue weighted by Crippen LogP contribution is -2.46. The summed E-state index contributed by atoms with van der Waals surface area (Å²) in [4.78, 5) is 7.01. The van der Waals surface area contributed by atoms with E-state index in [1.54, 1.807) is 0 Å². The molecule has 0 saturated carbocycles. The van der Waals surface area contributed by atoms with Crippen LogP contribution in [0.25, 0.3) is 10.9 Å². The first-order valence-corrected chi connectivity index (χ1v) is 8.09. The highest BCUT2D eigenvalue weighted by Crippen LogP contribution is 2.27. The number of aromatic nitrogens is 1. The molecule has 3 rings (SSSR count). The van der Waals surface area contributed by atoms with E-state index in [4.69, 9.17) is 0 Å². The summed E-state index contributed by atoms with van der Waals surface area (Å²) in [6.07, 6.45) is 5.88. The molecule has 1 saturated heterocycles. The second-order valence-electron chi connectivity index (χ2n) is 6.24. The molecule has 1 aromatic carbocycles. The SMILES string of the molecule is CC(C)N(CC1CCCCN1)c1ccnc2ccccc12. The van der Waals surface area contributed by atoms with Gasteiger partial charge in [-0.3, -0.25) is 4.98 Å².